The van der Waals surface area contributed by atoms with E-state index in [0.717, 1.165) is 6.67 Å². The molecule has 1 heterocycles. The summed E-state index contributed by atoms with van der Waals surface area (Å²) in [5.41, 5.74) is 0.819. The van der Waals surface area contributed by atoms with Crippen LogP contribution in [-0.4, -0.2) is 17.7 Å². The highest BCUT2D eigenvalue weighted by molar-refractivity contribution is 5.19. The minimum Gasteiger partial charge on any atom is -0.298 e. The van der Waals surface area contributed by atoms with Crippen LogP contribution in [0.15, 0.2) is 0 Å². The average Bonchev–Trinajstić information content (AvgIpc) is 2.41. The summed E-state index contributed by atoms with van der Waals surface area (Å²) >= 11 is 0. The molecular formula is C7H14N2. The van der Waals surface area contributed by atoms with E-state index in [-0.39, 0.29) is 0 Å². The first-order chi connectivity index (χ1) is 4.16. The summed E-state index contributed by atoms with van der Waals surface area (Å²) in [7, 11) is 0. The smallest absolute Gasteiger partial charge is 0.0464 e. The molecule has 2 nitrogen and oxygen atoms in total. The summed E-state index contributed by atoms with van der Waals surface area (Å²) in [4.78, 5) is 0. The van der Waals surface area contributed by atoms with E-state index in [9.17, 15) is 0 Å². The molecule has 0 aromatic carbocycles. The van der Waals surface area contributed by atoms with Crippen molar-refractivity contribution in [3.63, 3.8) is 0 Å². The molecule has 0 radical (unpaired) electrons. The van der Waals surface area contributed by atoms with Gasteiger partial charge in [0, 0.05) is 17.7 Å². The summed E-state index contributed by atoms with van der Waals surface area (Å²) in [5, 5.41) is 6.92. The zero-order valence-corrected chi connectivity index (χ0v) is 6.12. The predicted molar refractivity (Wildman–Crippen MR) is 37.2 cm³/mol. The van der Waals surface area contributed by atoms with Gasteiger partial charge >= 0.3 is 0 Å². The maximum Gasteiger partial charge on any atom is 0.0464 e. The third-order valence-electron chi connectivity index (χ3n) is 2.90. The van der Waals surface area contributed by atoms with Gasteiger partial charge in [-0.25, -0.2) is 0 Å². The Bertz CT molecular complexity index is 132. The predicted octanol–water partition coefficient (Wildman–Crippen LogP) is 0.448. The number of rotatable bonds is 0. The Morgan fingerprint density at radius 1 is 1.11 bits per heavy atom. The van der Waals surface area contributed by atoms with Crippen LogP contribution in [-0.2, 0) is 0 Å². The van der Waals surface area contributed by atoms with Crippen molar-refractivity contribution in [1.29, 1.82) is 0 Å². The van der Waals surface area contributed by atoms with Crippen molar-refractivity contribution in [2.45, 2.75) is 37.8 Å². The van der Waals surface area contributed by atoms with Crippen molar-refractivity contribution in [2.24, 2.45) is 0 Å². The molecule has 1 spiro atoms. The molecule has 0 amide bonds. The molecule has 1 saturated carbocycles. The van der Waals surface area contributed by atoms with Crippen molar-refractivity contribution in [1.82, 2.24) is 10.6 Å². The first-order valence-corrected chi connectivity index (χ1v) is 3.66. The fourth-order valence-corrected chi connectivity index (χ4v) is 1.75. The Morgan fingerprint density at radius 2 is 1.78 bits per heavy atom. The molecular weight excluding hydrogens is 112 g/mol. The Morgan fingerprint density at radius 3 is 2.00 bits per heavy atom. The van der Waals surface area contributed by atoms with E-state index >= 15 is 0 Å². The summed E-state index contributed by atoms with van der Waals surface area (Å²) in [6.07, 6.45) is 2.71. The lowest BCUT2D eigenvalue weighted by molar-refractivity contribution is 0.373. The summed E-state index contributed by atoms with van der Waals surface area (Å²) in [6.45, 7) is 5.55. The number of nitrogens with one attached hydrogen (secondary N) is 2. The molecule has 0 bridgehead atoms. The Hall–Kier alpha value is -0.0800. The molecule has 0 atom stereocenters. The van der Waals surface area contributed by atoms with Gasteiger partial charge in [0.2, 0.25) is 0 Å². The molecule has 2 heteroatoms. The fraction of sp³-hybridized carbons (Fsp3) is 1.00. The van der Waals surface area contributed by atoms with Crippen LogP contribution in [0.5, 0.6) is 0 Å². The van der Waals surface area contributed by atoms with Gasteiger partial charge in [-0.05, 0) is 26.7 Å². The fourth-order valence-electron chi connectivity index (χ4n) is 1.75. The number of hydrogen-bond donors (Lipinski definition) is 2. The second-order valence-corrected chi connectivity index (χ2v) is 3.74. The summed E-state index contributed by atoms with van der Waals surface area (Å²) in [5.74, 6) is 0. The van der Waals surface area contributed by atoms with Crippen molar-refractivity contribution in [3.8, 4) is 0 Å². The molecule has 2 aliphatic rings. The normalized spacial score (nSPS) is 35.3. The highest BCUT2D eigenvalue weighted by Crippen LogP contribution is 2.46. The molecule has 52 valence electrons. The van der Waals surface area contributed by atoms with Gasteiger partial charge in [0.15, 0.2) is 0 Å². The zero-order chi connectivity index (χ0) is 6.54. The van der Waals surface area contributed by atoms with Gasteiger partial charge in [-0.3, -0.25) is 10.6 Å². The monoisotopic (exact) mass is 126 g/mol. The van der Waals surface area contributed by atoms with Crippen molar-refractivity contribution in [3.05, 3.63) is 0 Å². The van der Waals surface area contributed by atoms with E-state index < -0.39 is 0 Å². The number of hydrogen-bond acceptors (Lipinski definition) is 2. The topological polar surface area (TPSA) is 24.1 Å². The zero-order valence-electron chi connectivity index (χ0n) is 6.12. The van der Waals surface area contributed by atoms with Crippen molar-refractivity contribution in [2.75, 3.05) is 6.67 Å². The van der Waals surface area contributed by atoms with Gasteiger partial charge in [0.05, 0.1) is 0 Å². The van der Waals surface area contributed by atoms with Crippen LogP contribution in [0.2, 0.25) is 0 Å². The molecule has 0 aromatic heterocycles. The van der Waals surface area contributed by atoms with E-state index in [0.29, 0.717) is 11.1 Å². The minimum atomic E-state index is 0.340. The van der Waals surface area contributed by atoms with E-state index in [1.807, 2.05) is 0 Å². The molecule has 2 N–H and O–H groups in total. The van der Waals surface area contributed by atoms with Crippen molar-refractivity contribution < 1.29 is 0 Å². The third-order valence-corrected chi connectivity index (χ3v) is 2.90. The first kappa shape index (κ1) is 5.69. The Kier molecular flexibility index (Phi) is 0.837. The van der Waals surface area contributed by atoms with E-state index in [4.69, 9.17) is 0 Å². The Labute approximate surface area is 56.0 Å². The molecule has 1 aliphatic heterocycles. The maximum atomic E-state index is 3.49. The van der Waals surface area contributed by atoms with Gasteiger partial charge in [-0.2, -0.15) is 0 Å². The third kappa shape index (κ3) is 0.578. The van der Waals surface area contributed by atoms with Gasteiger partial charge in [-0.15, -0.1) is 0 Å². The van der Waals surface area contributed by atoms with Crippen LogP contribution in [0.3, 0.4) is 0 Å². The minimum absolute atomic E-state index is 0.340. The van der Waals surface area contributed by atoms with Crippen LogP contribution in [0.1, 0.15) is 26.7 Å². The second-order valence-electron chi connectivity index (χ2n) is 3.74. The van der Waals surface area contributed by atoms with E-state index in [1.165, 1.54) is 12.8 Å². The molecule has 2 fully saturated rings. The largest absolute Gasteiger partial charge is 0.298 e. The molecule has 0 aromatic rings. The second kappa shape index (κ2) is 1.32. The molecule has 1 aliphatic carbocycles. The molecule has 0 unspecified atom stereocenters. The standard InChI is InChI=1S/C7H14N2/c1-6(2)7(3-4-7)9-5-8-6/h8-9H,3-5H2,1-2H3. The SMILES string of the molecule is CC1(C)NCNC12CC2. The van der Waals surface area contributed by atoms with Crippen LogP contribution in [0.25, 0.3) is 0 Å². The molecule has 1 saturated heterocycles. The highest BCUT2D eigenvalue weighted by atomic mass is 15.3. The van der Waals surface area contributed by atoms with E-state index in [1.54, 1.807) is 0 Å². The van der Waals surface area contributed by atoms with E-state index in [2.05, 4.69) is 24.5 Å². The highest BCUT2D eigenvalue weighted by Gasteiger charge is 2.56. The average molecular weight is 126 g/mol. The molecule has 2 rings (SSSR count). The first-order valence-electron chi connectivity index (χ1n) is 3.66. The summed E-state index contributed by atoms with van der Waals surface area (Å²) < 4.78 is 0. The van der Waals surface area contributed by atoms with Crippen LogP contribution in [0.4, 0.5) is 0 Å². The maximum absolute atomic E-state index is 3.49. The van der Waals surface area contributed by atoms with Gasteiger partial charge < -0.3 is 0 Å². The van der Waals surface area contributed by atoms with Crippen molar-refractivity contribution >= 4 is 0 Å². The lowest BCUT2D eigenvalue weighted by Gasteiger charge is -2.25. The molecule has 9 heavy (non-hydrogen) atoms. The quantitative estimate of drug-likeness (QED) is 0.492. The van der Waals surface area contributed by atoms with Crippen LogP contribution < -0.4 is 10.6 Å². The van der Waals surface area contributed by atoms with Crippen LogP contribution >= 0.6 is 0 Å². The van der Waals surface area contributed by atoms with Gasteiger partial charge in [0.1, 0.15) is 0 Å². The van der Waals surface area contributed by atoms with Crippen LogP contribution in [0, 0.1) is 0 Å². The lowest BCUT2D eigenvalue weighted by atomic mass is 9.94. The van der Waals surface area contributed by atoms with Gasteiger partial charge in [-0.1, -0.05) is 0 Å². The van der Waals surface area contributed by atoms with Gasteiger partial charge in [0.25, 0.3) is 0 Å². The lowest BCUT2D eigenvalue weighted by Crippen LogP contribution is -2.45. The summed E-state index contributed by atoms with van der Waals surface area (Å²) in [6, 6.07) is 0. The Balaban J connectivity index is 2.23.